The molecule has 0 bridgehead atoms. The van der Waals surface area contributed by atoms with Crippen molar-refractivity contribution in [1.29, 1.82) is 0 Å². The summed E-state index contributed by atoms with van der Waals surface area (Å²) in [6.07, 6.45) is 1.41. The van der Waals surface area contributed by atoms with E-state index in [-0.39, 0.29) is 11.4 Å². The zero-order valence-electron chi connectivity index (χ0n) is 15.2. The summed E-state index contributed by atoms with van der Waals surface area (Å²) >= 11 is 0. The van der Waals surface area contributed by atoms with Gasteiger partial charge in [0.05, 0.1) is 7.11 Å². The molecule has 0 fully saturated rings. The summed E-state index contributed by atoms with van der Waals surface area (Å²) in [4.78, 5) is 27.0. The van der Waals surface area contributed by atoms with E-state index in [1.165, 1.54) is 13.1 Å². The third kappa shape index (κ3) is 3.96. The van der Waals surface area contributed by atoms with Gasteiger partial charge in [-0.25, -0.2) is 4.98 Å². The van der Waals surface area contributed by atoms with E-state index in [0.717, 1.165) is 0 Å². The molecule has 1 heterocycles. The molecular weight excluding hydrogens is 364 g/mol. The second-order valence-electron chi connectivity index (χ2n) is 6.02. The van der Waals surface area contributed by atoms with Crippen molar-refractivity contribution in [2.24, 2.45) is 0 Å². The Morgan fingerprint density at radius 3 is 2.36 bits per heavy atom. The highest BCUT2D eigenvalue weighted by Gasteiger charge is 2.20. The van der Waals surface area contributed by atoms with Gasteiger partial charge >= 0.3 is 5.97 Å². The highest BCUT2D eigenvalue weighted by molar-refractivity contribution is 6.02. The molecule has 8 heteroatoms. The Morgan fingerprint density at radius 1 is 1.07 bits per heavy atom. The fourth-order valence-corrected chi connectivity index (χ4v) is 2.52. The van der Waals surface area contributed by atoms with Crippen molar-refractivity contribution in [3.05, 3.63) is 54.4 Å². The van der Waals surface area contributed by atoms with E-state index in [1.807, 2.05) is 0 Å². The summed E-state index contributed by atoms with van der Waals surface area (Å²) in [5.41, 5.74) is -0.246. The number of carboxylic acid groups (broad SMARTS) is 1. The Bertz CT molecular complexity index is 1030. The van der Waals surface area contributed by atoms with Crippen molar-refractivity contribution in [3.8, 4) is 23.0 Å². The number of benzene rings is 2. The van der Waals surface area contributed by atoms with Gasteiger partial charge in [-0.2, -0.15) is 0 Å². The lowest BCUT2D eigenvalue weighted by atomic mass is 10.1. The zero-order chi connectivity index (χ0) is 20.3. The van der Waals surface area contributed by atoms with Crippen LogP contribution in [0.2, 0.25) is 0 Å². The van der Waals surface area contributed by atoms with Crippen LogP contribution in [0.5, 0.6) is 23.0 Å². The zero-order valence-corrected chi connectivity index (χ0v) is 15.2. The standard InChI is InChI=1S/C20H18N2O6/c1-11(20(25)26)22-19(24)17-18(23)16-8-7-15(9-12(16)10-21-17)28-14-5-3-13(27-2)4-6-14/h3-11,23H,1-2H3,(H,22,24)(H,25,26)/t11-/m0/s1. The van der Waals surface area contributed by atoms with Crippen molar-refractivity contribution in [3.63, 3.8) is 0 Å². The van der Waals surface area contributed by atoms with Crippen molar-refractivity contribution >= 4 is 22.6 Å². The maximum absolute atomic E-state index is 12.2. The molecule has 0 saturated heterocycles. The van der Waals surface area contributed by atoms with Crippen LogP contribution in [0.1, 0.15) is 17.4 Å². The molecule has 2 aromatic carbocycles. The van der Waals surface area contributed by atoms with Crippen molar-refractivity contribution < 1.29 is 29.3 Å². The second-order valence-corrected chi connectivity index (χ2v) is 6.02. The summed E-state index contributed by atoms with van der Waals surface area (Å²) in [6, 6.07) is 10.9. The molecule has 0 saturated carbocycles. The van der Waals surface area contributed by atoms with Crippen molar-refractivity contribution in [2.75, 3.05) is 7.11 Å². The van der Waals surface area contributed by atoms with Crippen molar-refractivity contribution in [2.45, 2.75) is 13.0 Å². The Labute approximate surface area is 160 Å². The highest BCUT2D eigenvalue weighted by atomic mass is 16.5. The van der Waals surface area contributed by atoms with E-state index in [2.05, 4.69) is 10.3 Å². The molecule has 1 amide bonds. The minimum absolute atomic E-state index is 0.246. The number of aliphatic carboxylic acids is 1. The van der Waals surface area contributed by atoms with Crippen LogP contribution in [0.3, 0.4) is 0 Å². The van der Waals surface area contributed by atoms with Gasteiger partial charge in [0, 0.05) is 17.0 Å². The molecule has 0 aliphatic carbocycles. The number of aromatic nitrogens is 1. The normalized spacial score (nSPS) is 11.6. The van der Waals surface area contributed by atoms with Crippen LogP contribution in [0.15, 0.2) is 48.7 Å². The Kier molecular flexibility index (Phi) is 5.30. The van der Waals surface area contributed by atoms with Crippen LogP contribution in [0, 0.1) is 0 Å². The number of pyridine rings is 1. The molecule has 1 atom stereocenters. The monoisotopic (exact) mass is 382 g/mol. The van der Waals surface area contributed by atoms with Crippen LogP contribution in [0.4, 0.5) is 0 Å². The molecule has 144 valence electrons. The van der Waals surface area contributed by atoms with Crippen LogP contribution in [-0.4, -0.2) is 40.2 Å². The molecule has 0 spiro atoms. The van der Waals surface area contributed by atoms with Crippen LogP contribution in [0.25, 0.3) is 10.8 Å². The quantitative estimate of drug-likeness (QED) is 0.600. The largest absolute Gasteiger partial charge is 0.505 e. The number of amides is 1. The SMILES string of the molecule is COc1ccc(Oc2ccc3c(O)c(C(=O)N[C@@H](C)C(=O)O)ncc3c2)cc1. The number of aromatic hydroxyl groups is 1. The molecule has 0 radical (unpaired) electrons. The van der Waals surface area contributed by atoms with E-state index in [9.17, 15) is 14.7 Å². The molecule has 3 rings (SSSR count). The fraction of sp³-hybridized carbons (Fsp3) is 0.150. The third-order valence-corrected chi connectivity index (χ3v) is 4.06. The number of carbonyl (C=O) groups excluding carboxylic acids is 1. The minimum atomic E-state index is -1.19. The summed E-state index contributed by atoms with van der Waals surface area (Å²) < 4.78 is 10.9. The predicted octanol–water partition coefficient (Wildman–Crippen LogP) is 2.94. The first-order chi connectivity index (χ1) is 13.4. The lowest BCUT2D eigenvalue weighted by molar-refractivity contribution is -0.138. The highest BCUT2D eigenvalue weighted by Crippen LogP contribution is 2.32. The van der Waals surface area contributed by atoms with Gasteiger partial charge in [-0.3, -0.25) is 9.59 Å². The average Bonchev–Trinajstić information content (AvgIpc) is 2.68. The Balaban J connectivity index is 1.85. The van der Waals surface area contributed by atoms with Gasteiger partial charge in [-0.05, 0) is 49.4 Å². The summed E-state index contributed by atoms with van der Waals surface area (Å²) in [5.74, 6) is -0.444. The van der Waals surface area contributed by atoms with E-state index in [4.69, 9.17) is 14.6 Å². The minimum Gasteiger partial charge on any atom is -0.505 e. The first-order valence-electron chi connectivity index (χ1n) is 8.36. The third-order valence-electron chi connectivity index (χ3n) is 4.06. The van der Waals surface area contributed by atoms with Gasteiger partial charge in [-0.1, -0.05) is 0 Å². The number of carboxylic acids is 1. The first-order valence-corrected chi connectivity index (χ1v) is 8.36. The summed E-state index contributed by atoms with van der Waals surface area (Å²) in [7, 11) is 1.58. The number of nitrogens with zero attached hydrogens (tertiary/aromatic N) is 1. The molecule has 28 heavy (non-hydrogen) atoms. The van der Waals surface area contributed by atoms with Gasteiger partial charge in [0.15, 0.2) is 11.4 Å². The number of hydrogen-bond donors (Lipinski definition) is 3. The molecule has 0 unspecified atom stereocenters. The Hall–Kier alpha value is -3.81. The summed E-state index contributed by atoms with van der Waals surface area (Å²) in [6.45, 7) is 1.32. The van der Waals surface area contributed by atoms with Gasteiger partial charge < -0.3 is 25.0 Å². The Morgan fingerprint density at radius 2 is 1.71 bits per heavy atom. The molecule has 0 aliphatic rings. The van der Waals surface area contributed by atoms with Crippen LogP contribution >= 0.6 is 0 Å². The summed E-state index contributed by atoms with van der Waals surface area (Å²) in [5, 5.41) is 22.5. The number of carbonyl (C=O) groups is 2. The smallest absolute Gasteiger partial charge is 0.325 e. The number of hydrogen-bond acceptors (Lipinski definition) is 6. The van der Waals surface area contributed by atoms with E-state index >= 15 is 0 Å². The van der Waals surface area contributed by atoms with Gasteiger partial charge in [0.25, 0.3) is 5.91 Å². The lowest BCUT2D eigenvalue weighted by Gasteiger charge is -2.12. The van der Waals surface area contributed by atoms with Crippen LogP contribution < -0.4 is 14.8 Å². The number of methoxy groups -OCH3 is 1. The fourth-order valence-electron chi connectivity index (χ4n) is 2.52. The number of fused-ring (bicyclic) bond motifs is 1. The van der Waals surface area contributed by atoms with Gasteiger partial charge in [0.2, 0.25) is 0 Å². The molecule has 8 nitrogen and oxygen atoms in total. The van der Waals surface area contributed by atoms with Crippen LogP contribution in [-0.2, 0) is 4.79 Å². The number of rotatable bonds is 6. The van der Waals surface area contributed by atoms with E-state index < -0.39 is 17.9 Å². The average molecular weight is 382 g/mol. The first kappa shape index (κ1) is 19.0. The molecule has 3 N–H and O–H groups in total. The topological polar surface area (TPSA) is 118 Å². The molecule has 1 aromatic heterocycles. The number of ether oxygens (including phenoxy) is 2. The lowest BCUT2D eigenvalue weighted by Crippen LogP contribution is -2.38. The predicted molar refractivity (Wildman–Crippen MR) is 101 cm³/mol. The number of nitrogens with one attached hydrogen (secondary N) is 1. The molecular formula is C20H18N2O6. The maximum atomic E-state index is 12.2. The van der Waals surface area contributed by atoms with Crippen molar-refractivity contribution in [1.82, 2.24) is 10.3 Å². The second kappa shape index (κ2) is 7.83. The molecule has 0 aliphatic heterocycles. The van der Waals surface area contributed by atoms with Gasteiger partial charge in [0.1, 0.15) is 23.3 Å². The molecule has 3 aromatic rings. The van der Waals surface area contributed by atoms with Gasteiger partial charge in [-0.15, -0.1) is 0 Å². The van der Waals surface area contributed by atoms with E-state index in [1.54, 1.807) is 49.6 Å². The van der Waals surface area contributed by atoms with E-state index in [0.29, 0.717) is 28.0 Å². The maximum Gasteiger partial charge on any atom is 0.325 e.